The Morgan fingerprint density at radius 1 is 1.05 bits per heavy atom. The van der Waals surface area contributed by atoms with Crippen molar-refractivity contribution in [2.24, 2.45) is 11.5 Å². The summed E-state index contributed by atoms with van der Waals surface area (Å²) in [7, 11) is 0. The van der Waals surface area contributed by atoms with Crippen LogP contribution in [0.5, 0.6) is 11.5 Å². The van der Waals surface area contributed by atoms with E-state index in [4.69, 9.17) is 20.9 Å². The zero-order valence-corrected chi connectivity index (χ0v) is 11.6. The first-order valence-corrected chi connectivity index (χ1v) is 6.60. The van der Waals surface area contributed by atoms with E-state index < -0.39 is 0 Å². The number of rotatable bonds is 2. The lowest BCUT2D eigenvalue weighted by molar-refractivity contribution is 0.174. The maximum absolute atomic E-state index is 5.61. The normalized spacial score (nSPS) is 13.3. The summed E-state index contributed by atoms with van der Waals surface area (Å²) in [6.45, 7) is 2.84. The number of nitrogens with two attached hydrogens (primary N) is 2. The Bertz CT molecular complexity index is 541. The first-order chi connectivity index (χ1) is 9.70. The third kappa shape index (κ3) is 3.73. The smallest absolute Gasteiger partial charge is 0.231 e. The molecule has 0 bridgehead atoms. The molecule has 0 radical (unpaired) electrons. The van der Waals surface area contributed by atoms with E-state index in [1.54, 1.807) is 0 Å². The van der Waals surface area contributed by atoms with Crippen LogP contribution in [-0.4, -0.2) is 6.79 Å². The molecule has 106 valence electrons. The summed E-state index contributed by atoms with van der Waals surface area (Å²) in [5.41, 5.74) is 13.3. The van der Waals surface area contributed by atoms with Gasteiger partial charge < -0.3 is 20.9 Å². The van der Waals surface area contributed by atoms with Gasteiger partial charge in [0, 0.05) is 12.6 Å². The molecule has 0 aromatic heterocycles. The van der Waals surface area contributed by atoms with Crippen LogP contribution >= 0.6 is 0 Å². The largest absolute Gasteiger partial charge is 0.454 e. The maximum atomic E-state index is 5.61. The molecule has 0 aliphatic carbocycles. The average Bonchev–Trinajstić information content (AvgIpc) is 2.96. The Hall–Kier alpha value is -2.04. The Balaban J connectivity index is 0.000000151. The molecule has 0 fully saturated rings. The van der Waals surface area contributed by atoms with Gasteiger partial charge in [0.05, 0.1) is 0 Å². The van der Waals surface area contributed by atoms with E-state index in [-0.39, 0.29) is 6.04 Å². The zero-order valence-electron chi connectivity index (χ0n) is 11.6. The molecule has 0 amide bonds. The second-order valence-corrected chi connectivity index (χ2v) is 4.59. The molecule has 0 spiro atoms. The highest BCUT2D eigenvalue weighted by Gasteiger charge is 2.12. The molecule has 3 rings (SSSR count). The zero-order chi connectivity index (χ0) is 14.4. The molecule has 2 aromatic rings. The Morgan fingerprint density at radius 2 is 1.75 bits per heavy atom. The summed E-state index contributed by atoms with van der Waals surface area (Å²) >= 11 is 0. The van der Waals surface area contributed by atoms with Crippen LogP contribution in [0.1, 0.15) is 24.1 Å². The second kappa shape index (κ2) is 6.93. The van der Waals surface area contributed by atoms with Crippen molar-refractivity contribution in [1.82, 2.24) is 0 Å². The van der Waals surface area contributed by atoms with Gasteiger partial charge in [-0.25, -0.2) is 0 Å². The lowest BCUT2D eigenvalue weighted by Crippen LogP contribution is -2.03. The highest BCUT2D eigenvalue weighted by atomic mass is 16.7. The van der Waals surface area contributed by atoms with Crippen molar-refractivity contribution >= 4 is 0 Å². The van der Waals surface area contributed by atoms with E-state index in [1.165, 1.54) is 5.56 Å². The predicted molar refractivity (Wildman–Crippen MR) is 79.5 cm³/mol. The van der Waals surface area contributed by atoms with Gasteiger partial charge in [0.2, 0.25) is 6.79 Å². The van der Waals surface area contributed by atoms with Crippen molar-refractivity contribution in [3.63, 3.8) is 0 Å². The molecule has 1 atom stereocenters. The van der Waals surface area contributed by atoms with Crippen LogP contribution in [0.4, 0.5) is 0 Å². The Morgan fingerprint density at radius 3 is 2.35 bits per heavy atom. The minimum atomic E-state index is 0.159. The first kappa shape index (κ1) is 14.4. The van der Waals surface area contributed by atoms with Gasteiger partial charge in [-0.15, -0.1) is 0 Å². The van der Waals surface area contributed by atoms with E-state index >= 15 is 0 Å². The van der Waals surface area contributed by atoms with E-state index in [0.29, 0.717) is 13.3 Å². The van der Waals surface area contributed by atoms with Crippen LogP contribution in [-0.2, 0) is 6.54 Å². The Labute approximate surface area is 119 Å². The number of hydrogen-bond acceptors (Lipinski definition) is 4. The molecular weight excluding hydrogens is 252 g/mol. The van der Waals surface area contributed by atoms with Gasteiger partial charge in [-0.1, -0.05) is 36.4 Å². The molecule has 4 N–H and O–H groups in total. The van der Waals surface area contributed by atoms with Crippen LogP contribution < -0.4 is 20.9 Å². The minimum absolute atomic E-state index is 0.159. The molecule has 1 aliphatic rings. The fourth-order valence-corrected chi connectivity index (χ4v) is 1.82. The maximum Gasteiger partial charge on any atom is 0.231 e. The molecule has 0 saturated heterocycles. The molecule has 1 heterocycles. The van der Waals surface area contributed by atoms with Gasteiger partial charge in [-0.3, -0.25) is 0 Å². The molecule has 4 heteroatoms. The van der Waals surface area contributed by atoms with E-state index in [0.717, 1.165) is 17.1 Å². The summed E-state index contributed by atoms with van der Waals surface area (Å²) in [5.74, 6) is 1.61. The Kier molecular flexibility index (Phi) is 4.98. The van der Waals surface area contributed by atoms with Crippen LogP contribution in [0.25, 0.3) is 0 Å². The van der Waals surface area contributed by atoms with Crippen molar-refractivity contribution in [3.8, 4) is 11.5 Å². The van der Waals surface area contributed by atoms with Gasteiger partial charge in [0.1, 0.15) is 0 Å². The van der Waals surface area contributed by atoms with Crippen molar-refractivity contribution in [1.29, 1.82) is 0 Å². The van der Waals surface area contributed by atoms with Crippen molar-refractivity contribution in [2.75, 3.05) is 6.79 Å². The number of ether oxygens (including phenoxy) is 2. The number of benzene rings is 2. The van der Waals surface area contributed by atoms with E-state index in [2.05, 4.69) is 0 Å². The van der Waals surface area contributed by atoms with E-state index in [1.807, 2.05) is 55.5 Å². The van der Waals surface area contributed by atoms with Gasteiger partial charge in [-0.2, -0.15) is 0 Å². The predicted octanol–water partition coefficient (Wildman–Crippen LogP) is 2.58. The molecule has 1 unspecified atom stereocenters. The molecular formula is C16H20N2O2. The number of fused-ring (bicyclic) bond motifs is 1. The first-order valence-electron chi connectivity index (χ1n) is 6.60. The van der Waals surface area contributed by atoms with Gasteiger partial charge in [-0.05, 0) is 30.2 Å². The third-order valence-electron chi connectivity index (χ3n) is 3.00. The molecule has 1 aliphatic heterocycles. The lowest BCUT2D eigenvalue weighted by atomic mass is 10.1. The molecule has 20 heavy (non-hydrogen) atoms. The SMILES string of the molecule is CC(N)c1ccccc1.NCc1ccc2c(c1)OCO2. The quantitative estimate of drug-likeness (QED) is 0.881. The van der Waals surface area contributed by atoms with Gasteiger partial charge >= 0.3 is 0 Å². The fraction of sp³-hybridized carbons (Fsp3) is 0.250. The molecule has 4 nitrogen and oxygen atoms in total. The van der Waals surface area contributed by atoms with Crippen LogP contribution in [0.15, 0.2) is 48.5 Å². The average molecular weight is 272 g/mol. The van der Waals surface area contributed by atoms with Crippen molar-refractivity contribution < 1.29 is 9.47 Å². The monoisotopic (exact) mass is 272 g/mol. The van der Waals surface area contributed by atoms with E-state index in [9.17, 15) is 0 Å². The second-order valence-electron chi connectivity index (χ2n) is 4.59. The van der Waals surface area contributed by atoms with Crippen LogP contribution in [0, 0.1) is 0 Å². The van der Waals surface area contributed by atoms with Crippen molar-refractivity contribution in [3.05, 3.63) is 59.7 Å². The highest BCUT2D eigenvalue weighted by Crippen LogP contribution is 2.32. The van der Waals surface area contributed by atoms with Crippen molar-refractivity contribution in [2.45, 2.75) is 19.5 Å². The standard InChI is InChI=1S/C8H9NO2.C8H11N/c9-4-6-1-2-7-8(3-6)11-5-10-7;1-7(9)8-5-3-2-4-6-8/h1-3H,4-5,9H2;2-7H,9H2,1H3. The van der Waals surface area contributed by atoms with Crippen LogP contribution in [0.3, 0.4) is 0 Å². The summed E-state index contributed by atoms with van der Waals surface area (Å²) in [4.78, 5) is 0. The summed E-state index contributed by atoms with van der Waals surface area (Å²) in [6.07, 6.45) is 0. The van der Waals surface area contributed by atoms with Gasteiger partial charge in [0.15, 0.2) is 11.5 Å². The highest BCUT2D eigenvalue weighted by molar-refractivity contribution is 5.44. The lowest BCUT2D eigenvalue weighted by Gasteiger charge is -2.02. The molecule has 2 aromatic carbocycles. The fourth-order valence-electron chi connectivity index (χ4n) is 1.82. The third-order valence-corrected chi connectivity index (χ3v) is 3.00. The molecule has 0 saturated carbocycles. The van der Waals surface area contributed by atoms with Gasteiger partial charge in [0.25, 0.3) is 0 Å². The van der Waals surface area contributed by atoms with Crippen LogP contribution in [0.2, 0.25) is 0 Å². The minimum Gasteiger partial charge on any atom is -0.454 e. The summed E-state index contributed by atoms with van der Waals surface area (Å²) < 4.78 is 10.3. The topological polar surface area (TPSA) is 70.5 Å². The number of hydrogen-bond donors (Lipinski definition) is 2. The summed E-state index contributed by atoms with van der Waals surface area (Å²) in [5, 5.41) is 0. The summed E-state index contributed by atoms with van der Waals surface area (Å²) in [6, 6.07) is 15.9.